The van der Waals surface area contributed by atoms with Gasteiger partial charge in [-0.1, -0.05) is 37.3 Å². The lowest BCUT2D eigenvalue weighted by Gasteiger charge is -2.40. The van der Waals surface area contributed by atoms with Gasteiger partial charge in [0.15, 0.2) is 5.76 Å². The fourth-order valence-electron chi connectivity index (χ4n) is 4.96. The molecule has 1 saturated heterocycles. The van der Waals surface area contributed by atoms with Gasteiger partial charge in [0, 0.05) is 42.7 Å². The van der Waals surface area contributed by atoms with Crippen LogP contribution in [-0.2, 0) is 9.78 Å². The van der Waals surface area contributed by atoms with Crippen LogP contribution in [0.1, 0.15) is 37.7 Å². The van der Waals surface area contributed by atoms with Crippen molar-refractivity contribution in [2.75, 3.05) is 32.8 Å². The summed E-state index contributed by atoms with van der Waals surface area (Å²) < 4.78 is 43.3. The summed E-state index contributed by atoms with van der Waals surface area (Å²) in [7, 11) is 0. The Morgan fingerprint density at radius 1 is 1.29 bits per heavy atom. The number of ether oxygens (including phenoxy) is 1. The molecule has 9 heteroatoms. The summed E-state index contributed by atoms with van der Waals surface area (Å²) in [4.78, 5) is 13.1. The monoisotopic (exact) mass is 480 g/mol. The number of para-hydroxylation sites is 1. The standard InChI is InChI=1S/C25H31F3N2O4/c1-2-22(31)17(18-7-3-5-9-23(18)33-25(26,27)28)11-13-30-14-12-29-15-21(30)20-16-32-34-24-10-6-4-8-19(20)24/h3-7,9-10,17,21-22,29,31H,2,8,11-16H2,1H3. The van der Waals surface area contributed by atoms with Crippen LogP contribution in [0, 0.1) is 0 Å². The molecule has 3 aliphatic rings. The van der Waals surface area contributed by atoms with Crippen LogP contribution in [0.3, 0.4) is 0 Å². The third-order valence-corrected chi connectivity index (χ3v) is 6.66. The van der Waals surface area contributed by atoms with Gasteiger partial charge in [-0.25, -0.2) is 0 Å². The molecule has 4 rings (SSSR count). The van der Waals surface area contributed by atoms with Gasteiger partial charge in [0.05, 0.1) is 6.10 Å². The van der Waals surface area contributed by atoms with E-state index in [-0.39, 0.29) is 11.8 Å². The minimum absolute atomic E-state index is 0.0728. The number of nitrogens with zero attached hydrogens (tertiary/aromatic N) is 1. The largest absolute Gasteiger partial charge is 0.573 e. The number of alkyl halides is 3. The number of allylic oxidation sites excluding steroid dienone is 4. The molecular weight excluding hydrogens is 449 g/mol. The number of hydrogen-bond donors (Lipinski definition) is 2. The highest BCUT2D eigenvalue weighted by molar-refractivity contribution is 5.42. The van der Waals surface area contributed by atoms with E-state index in [1.807, 2.05) is 19.1 Å². The summed E-state index contributed by atoms with van der Waals surface area (Å²) in [5.41, 5.74) is 2.66. The summed E-state index contributed by atoms with van der Waals surface area (Å²) in [5.74, 6) is -0.0153. The molecule has 2 N–H and O–H groups in total. The SMILES string of the molecule is CCC(O)C(CCN1CCNCC1C1=C2CC=CC=C2OOC1)c1ccccc1OC(F)(F)F. The van der Waals surface area contributed by atoms with E-state index in [2.05, 4.69) is 21.0 Å². The predicted octanol–water partition coefficient (Wildman–Crippen LogP) is 4.21. The molecule has 1 fully saturated rings. The van der Waals surface area contributed by atoms with Crippen molar-refractivity contribution in [3.05, 3.63) is 65.0 Å². The summed E-state index contributed by atoms with van der Waals surface area (Å²) >= 11 is 0. The highest BCUT2D eigenvalue weighted by atomic mass is 19.4. The Balaban J connectivity index is 1.55. The zero-order valence-corrected chi connectivity index (χ0v) is 19.2. The van der Waals surface area contributed by atoms with Crippen molar-refractivity contribution in [3.63, 3.8) is 0 Å². The first-order valence-corrected chi connectivity index (χ1v) is 11.7. The summed E-state index contributed by atoms with van der Waals surface area (Å²) in [5, 5.41) is 14.2. The Labute approximate surface area is 197 Å². The molecule has 6 nitrogen and oxygen atoms in total. The molecule has 186 valence electrons. The summed E-state index contributed by atoms with van der Waals surface area (Å²) in [6.07, 6.45) is 2.03. The quantitative estimate of drug-likeness (QED) is 0.544. The highest BCUT2D eigenvalue weighted by Crippen LogP contribution is 2.37. The molecule has 0 amide bonds. The van der Waals surface area contributed by atoms with E-state index in [9.17, 15) is 18.3 Å². The lowest BCUT2D eigenvalue weighted by atomic mass is 9.87. The van der Waals surface area contributed by atoms with E-state index in [1.165, 1.54) is 12.1 Å². The van der Waals surface area contributed by atoms with Gasteiger partial charge in [0.1, 0.15) is 12.4 Å². The second kappa shape index (κ2) is 10.9. The van der Waals surface area contributed by atoms with Gasteiger partial charge in [-0.05, 0) is 43.5 Å². The van der Waals surface area contributed by atoms with Crippen LogP contribution >= 0.6 is 0 Å². The number of aliphatic hydroxyl groups excluding tert-OH is 1. The molecule has 0 saturated carbocycles. The molecule has 0 bridgehead atoms. The maximum Gasteiger partial charge on any atom is 0.573 e. The maximum atomic E-state index is 13.0. The number of fused-ring (bicyclic) bond motifs is 1. The second-order valence-corrected chi connectivity index (χ2v) is 8.72. The van der Waals surface area contributed by atoms with Crippen molar-refractivity contribution in [2.45, 2.75) is 50.6 Å². The maximum absolute atomic E-state index is 13.0. The minimum atomic E-state index is -4.79. The third kappa shape index (κ3) is 5.83. The van der Waals surface area contributed by atoms with Crippen LogP contribution in [0.5, 0.6) is 5.75 Å². The number of piperazine rings is 1. The first kappa shape index (κ1) is 24.8. The molecule has 2 aliphatic heterocycles. The second-order valence-electron chi connectivity index (χ2n) is 8.72. The average molecular weight is 481 g/mol. The summed E-state index contributed by atoms with van der Waals surface area (Å²) in [6, 6.07) is 6.18. The van der Waals surface area contributed by atoms with Crippen LogP contribution in [0.4, 0.5) is 13.2 Å². The lowest BCUT2D eigenvalue weighted by molar-refractivity contribution is -0.275. The average Bonchev–Trinajstić information content (AvgIpc) is 2.84. The molecule has 3 unspecified atom stereocenters. The Morgan fingerprint density at radius 3 is 2.91 bits per heavy atom. The fourth-order valence-corrected chi connectivity index (χ4v) is 4.96. The van der Waals surface area contributed by atoms with Gasteiger partial charge in [-0.2, -0.15) is 4.89 Å². The Morgan fingerprint density at radius 2 is 2.12 bits per heavy atom. The fraction of sp³-hybridized carbons (Fsp3) is 0.520. The van der Waals surface area contributed by atoms with E-state index in [0.717, 1.165) is 43.0 Å². The molecule has 1 aliphatic carbocycles. The van der Waals surface area contributed by atoms with Gasteiger partial charge >= 0.3 is 6.36 Å². The van der Waals surface area contributed by atoms with Crippen LogP contribution in [0.2, 0.25) is 0 Å². The third-order valence-electron chi connectivity index (χ3n) is 6.66. The normalized spacial score (nSPS) is 23.1. The number of rotatable bonds is 8. The van der Waals surface area contributed by atoms with Crippen molar-refractivity contribution in [1.29, 1.82) is 0 Å². The van der Waals surface area contributed by atoms with Crippen molar-refractivity contribution < 1.29 is 32.8 Å². The number of aliphatic hydroxyl groups is 1. The Bertz CT molecular complexity index is 944. The predicted molar refractivity (Wildman–Crippen MR) is 121 cm³/mol. The van der Waals surface area contributed by atoms with Gasteiger partial charge in [0.2, 0.25) is 0 Å². The van der Waals surface area contributed by atoms with E-state index < -0.39 is 18.4 Å². The van der Waals surface area contributed by atoms with E-state index in [4.69, 9.17) is 9.78 Å². The molecule has 34 heavy (non-hydrogen) atoms. The lowest BCUT2D eigenvalue weighted by Crippen LogP contribution is -2.53. The van der Waals surface area contributed by atoms with Crippen LogP contribution in [0.15, 0.2) is 59.4 Å². The molecule has 3 atom stereocenters. The van der Waals surface area contributed by atoms with E-state index >= 15 is 0 Å². The van der Waals surface area contributed by atoms with E-state index in [1.54, 1.807) is 12.1 Å². The van der Waals surface area contributed by atoms with Gasteiger partial charge in [0.25, 0.3) is 0 Å². The van der Waals surface area contributed by atoms with Gasteiger partial charge in [-0.15, -0.1) is 13.2 Å². The highest BCUT2D eigenvalue weighted by Gasteiger charge is 2.35. The molecule has 1 aromatic rings. The number of nitrogens with one attached hydrogen (secondary N) is 1. The number of benzene rings is 1. The molecule has 1 aromatic carbocycles. The Kier molecular flexibility index (Phi) is 7.98. The smallest absolute Gasteiger partial charge is 0.405 e. The topological polar surface area (TPSA) is 63.2 Å². The molecule has 0 aromatic heterocycles. The van der Waals surface area contributed by atoms with Crippen LogP contribution in [0.25, 0.3) is 0 Å². The zero-order valence-electron chi connectivity index (χ0n) is 19.2. The van der Waals surface area contributed by atoms with Crippen molar-refractivity contribution in [2.24, 2.45) is 0 Å². The molecule has 2 heterocycles. The summed E-state index contributed by atoms with van der Waals surface area (Å²) in [6.45, 7) is 5.15. The molecular formula is C25H31F3N2O4. The van der Waals surface area contributed by atoms with Gasteiger partial charge < -0.3 is 20.0 Å². The van der Waals surface area contributed by atoms with Gasteiger partial charge in [-0.3, -0.25) is 4.90 Å². The first-order chi connectivity index (χ1) is 16.4. The van der Waals surface area contributed by atoms with Crippen molar-refractivity contribution >= 4 is 0 Å². The van der Waals surface area contributed by atoms with Crippen molar-refractivity contribution in [3.8, 4) is 5.75 Å². The Hall–Kier alpha value is -2.33. The first-order valence-electron chi connectivity index (χ1n) is 11.7. The van der Waals surface area contributed by atoms with E-state index in [0.29, 0.717) is 31.6 Å². The van der Waals surface area contributed by atoms with Crippen LogP contribution < -0.4 is 10.1 Å². The van der Waals surface area contributed by atoms with Crippen LogP contribution in [-0.4, -0.2) is 61.3 Å². The number of halogens is 3. The minimum Gasteiger partial charge on any atom is -0.405 e. The van der Waals surface area contributed by atoms with Crippen molar-refractivity contribution in [1.82, 2.24) is 10.2 Å². The zero-order chi connectivity index (χ0) is 24.1. The molecule has 0 spiro atoms. The number of hydrogen-bond acceptors (Lipinski definition) is 6. The molecule has 0 radical (unpaired) electrons.